The van der Waals surface area contributed by atoms with Gasteiger partial charge in [0.25, 0.3) is 11.9 Å². The van der Waals surface area contributed by atoms with E-state index in [1.54, 1.807) is 52.7 Å². The number of rotatable bonds is 10. The third-order valence-corrected chi connectivity index (χ3v) is 4.18. The van der Waals surface area contributed by atoms with E-state index in [2.05, 4.69) is 10.3 Å². The lowest BCUT2D eigenvalue weighted by Gasteiger charge is -2.12. The first-order valence-electron chi connectivity index (χ1n) is 9.43. The first-order chi connectivity index (χ1) is 14.6. The van der Waals surface area contributed by atoms with Crippen LogP contribution in [0.15, 0.2) is 47.5 Å². The summed E-state index contributed by atoms with van der Waals surface area (Å²) in [5, 5.41) is 2.70. The fourth-order valence-electron chi connectivity index (χ4n) is 2.60. The number of carbonyl (C=O) groups is 1. The summed E-state index contributed by atoms with van der Waals surface area (Å²) in [5.74, 6) is 1.58. The second-order valence-corrected chi connectivity index (χ2v) is 6.15. The average Bonchev–Trinajstić information content (AvgIpc) is 2.78. The molecule has 2 aromatic rings. The molecule has 2 rings (SSSR count). The van der Waals surface area contributed by atoms with Crippen molar-refractivity contribution in [1.82, 2.24) is 5.32 Å². The minimum atomic E-state index is -0.337. The zero-order valence-electron chi connectivity index (χ0n) is 17.8. The van der Waals surface area contributed by atoms with Crippen LogP contribution in [0.1, 0.15) is 15.9 Å². The minimum absolute atomic E-state index is 0.139. The first-order valence-corrected chi connectivity index (χ1v) is 9.43. The molecular weight excluding hydrogens is 388 g/mol. The normalized spacial score (nSPS) is 11.0. The number of carbonyl (C=O) groups excluding carboxylic acids is 1. The SMILES string of the molecule is COCCOC(=NCCc1ccc(OC)c(OC)c1)NC(=O)c1cccc(OC)c1. The Morgan fingerprint density at radius 1 is 0.933 bits per heavy atom. The molecule has 0 heterocycles. The Bertz CT molecular complexity index is 853. The van der Waals surface area contributed by atoms with Crippen molar-refractivity contribution >= 4 is 11.9 Å². The van der Waals surface area contributed by atoms with Crippen molar-refractivity contribution in [2.45, 2.75) is 6.42 Å². The molecule has 1 amide bonds. The second kappa shape index (κ2) is 12.3. The molecule has 0 fully saturated rings. The third-order valence-electron chi connectivity index (χ3n) is 4.18. The first kappa shape index (κ1) is 23.0. The number of nitrogens with zero attached hydrogens (tertiary/aromatic N) is 1. The van der Waals surface area contributed by atoms with Crippen LogP contribution in [0.5, 0.6) is 17.2 Å². The summed E-state index contributed by atoms with van der Waals surface area (Å²) in [4.78, 5) is 17.0. The fraction of sp³-hybridized carbons (Fsp3) is 0.364. The zero-order chi connectivity index (χ0) is 21.8. The van der Waals surface area contributed by atoms with E-state index in [1.165, 1.54) is 0 Å². The van der Waals surface area contributed by atoms with E-state index in [0.717, 1.165) is 5.56 Å². The van der Waals surface area contributed by atoms with Crippen LogP contribution in [-0.4, -0.2) is 60.1 Å². The van der Waals surface area contributed by atoms with E-state index >= 15 is 0 Å². The van der Waals surface area contributed by atoms with Crippen LogP contribution in [0.4, 0.5) is 0 Å². The number of benzene rings is 2. The van der Waals surface area contributed by atoms with Gasteiger partial charge in [0.2, 0.25) is 0 Å². The Hall–Kier alpha value is -3.26. The van der Waals surface area contributed by atoms with Gasteiger partial charge in [-0.1, -0.05) is 12.1 Å². The topological polar surface area (TPSA) is 87.6 Å². The number of amides is 1. The molecule has 0 radical (unpaired) electrons. The summed E-state index contributed by atoms with van der Waals surface area (Å²) in [6.07, 6.45) is 0.631. The average molecular weight is 416 g/mol. The van der Waals surface area contributed by atoms with E-state index in [1.807, 2.05) is 18.2 Å². The monoisotopic (exact) mass is 416 g/mol. The number of nitrogens with one attached hydrogen (secondary N) is 1. The molecule has 30 heavy (non-hydrogen) atoms. The van der Waals surface area contributed by atoms with E-state index < -0.39 is 0 Å². The Morgan fingerprint density at radius 2 is 1.73 bits per heavy atom. The summed E-state index contributed by atoms with van der Waals surface area (Å²) in [6.45, 7) is 1.06. The lowest BCUT2D eigenvalue weighted by Crippen LogP contribution is -2.33. The van der Waals surface area contributed by atoms with E-state index in [9.17, 15) is 4.79 Å². The van der Waals surface area contributed by atoms with E-state index in [-0.39, 0.29) is 18.5 Å². The molecule has 162 valence electrons. The predicted octanol–water partition coefficient (Wildman–Crippen LogP) is 2.70. The van der Waals surface area contributed by atoms with Gasteiger partial charge in [0.1, 0.15) is 12.4 Å². The van der Waals surface area contributed by atoms with Gasteiger partial charge in [-0.15, -0.1) is 0 Å². The second-order valence-electron chi connectivity index (χ2n) is 6.15. The molecule has 0 aromatic heterocycles. The molecule has 0 aliphatic carbocycles. The highest BCUT2D eigenvalue weighted by Crippen LogP contribution is 2.27. The molecule has 0 atom stereocenters. The molecule has 8 nitrogen and oxygen atoms in total. The maximum absolute atomic E-state index is 12.6. The summed E-state index contributed by atoms with van der Waals surface area (Å²) in [7, 11) is 6.31. The standard InChI is InChI=1S/C22H28N2O6/c1-26-12-13-30-22(24-21(25)17-6-5-7-18(15-17)27-2)23-11-10-16-8-9-19(28-3)20(14-16)29-4/h5-9,14-15H,10-13H2,1-4H3,(H,23,24,25). The molecular formula is C22H28N2O6. The maximum Gasteiger partial charge on any atom is 0.291 e. The van der Waals surface area contributed by atoms with Crippen molar-refractivity contribution in [3.63, 3.8) is 0 Å². The van der Waals surface area contributed by atoms with Gasteiger partial charge >= 0.3 is 0 Å². The predicted molar refractivity (Wildman–Crippen MR) is 114 cm³/mol. The molecule has 0 spiro atoms. The molecule has 1 N–H and O–H groups in total. The Balaban J connectivity index is 2.05. The van der Waals surface area contributed by atoms with Crippen molar-refractivity contribution in [3.8, 4) is 17.2 Å². The van der Waals surface area contributed by atoms with Crippen molar-refractivity contribution in [2.75, 3.05) is 48.2 Å². The van der Waals surface area contributed by atoms with E-state index in [4.69, 9.17) is 23.7 Å². The Labute approximate surface area is 176 Å². The van der Waals surface area contributed by atoms with Gasteiger partial charge in [-0.3, -0.25) is 10.1 Å². The van der Waals surface area contributed by atoms with Gasteiger partial charge in [-0.2, -0.15) is 0 Å². The maximum atomic E-state index is 12.6. The van der Waals surface area contributed by atoms with E-state index in [0.29, 0.717) is 42.4 Å². The van der Waals surface area contributed by atoms with Gasteiger partial charge in [0.05, 0.1) is 27.9 Å². The number of amidine groups is 1. The molecule has 8 heteroatoms. The highest BCUT2D eigenvalue weighted by atomic mass is 16.5. The van der Waals surface area contributed by atoms with Gasteiger partial charge in [-0.05, 0) is 42.3 Å². The highest BCUT2D eigenvalue weighted by Gasteiger charge is 2.11. The van der Waals surface area contributed by atoms with Crippen LogP contribution in [0.3, 0.4) is 0 Å². The molecule has 0 saturated carbocycles. The summed E-state index contributed by atoms with van der Waals surface area (Å²) < 4.78 is 26.3. The lowest BCUT2D eigenvalue weighted by molar-refractivity contribution is 0.0953. The Kier molecular flexibility index (Phi) is 9.47. The molecule has 0 aliphatic rings. The van der Waals surface area contributed by atoms with Crippen LogP contribution < -0.4 is 19.5 Å². The number of methoxy groups -OCH3 is 4. The molecule has 0 unspecified atom stereocenters. The van der Waals surface area contributed by atoms with Crippen molar-refractivity contribution in [1.29, 1.82) is 0 Å². The van der Waals surface area contributed by atoms with Crippen LogP contribution in [0.25, 0.3) is 0 Å². The lowest BCUT2D eigenvalue weighted by atomic mass is 10.1. The summed E-state index contributed by atoms with van der Waals surface area (Å²) in [6, 6.07) is 12.7. The quantitative estimate of drug-likeness (QED) is 0.364. The number of aliphatic imine (C=N–C) groups is 1. The van der Waals surface area contributed by atoms with Crippen molar-refractivity contribution in [3.05, 3.63) is 53.6 Å². The summed E-state index contributed by atoms with van der Waals surface area (Å²) >= 11 is 0. The van der Waals surface area contributed by atoms with Gasteiger partial charge in [0.15, 0.2) is 11.5 Å². The van der Waals surface area contributed by atoms with Gasteiger partial charge in [0, 0.05) is 19.2 Å². The molecule has 0 saturated heterocycles. The number of ether oxygens (including phenoxy) is 5. The fourth-order valence-corrected chi connectivity index (χ4v) is 2.60. The molecule has 0 aliphatic heterocycles. The van der Waals surface area contributed by atoms with Crippen LogP contribution in [0.2, 0.25) is 0 Å². The zero-order valence-corrected chi connectivity index (χ0v) is 17.8. The van der Waals surface area contributed by atoms with Crippen molar-refractivity contribution in [2.24, 2.45) is 4.99 Å². The van der Waals surface area contributed by atoms with Crippen LogP contribution in [0, 0.1) is 0 Å². The van der Waals surface area contributed by atoms with Gasteiger partial charge < -0.3 is 23.7 Å². The smallest absolute Gasteiger partial charge is 0.291 e. The third kappa shape index (κ3) is 6.97. The molecule has 2 aromatic carbocycles. The van der Waals surface area contributed by atoms with Gasteiger partial charge in [-0.25, -0.2) is 4.99 Å². The highest BCUT2D eigenvalue weighted by molar-refractivity contribution is 6.04. The molecule has 0 bridgehead atoms. The number of hydrogen-bond acceptors (Lipinski definition) is 7. The minimum Gasteiger partial charge on any atom is -0.497 e. The number of hydrogen-bond donors (Lipinski definition) is 1. The Morgan fingerprint density at radius 3 is 2.43 bits per heavy atom. The van der Waals surface area contributed by atoms with Crippen LogP contribution in [-0.2, 0) is 15.9 Å². The van der Waals surface area contributed by atoms with Crippen molar-refractivity contribution < 1.29 is 28.5 Å². The summed E-state index contributed by atoms with van der Waals surface area (Å²) in [5.41, 5.74) is 1.46. The largest absolute Gasteiger partial charge is 0.497 e. The van der Waals surface area contributed by atoms with Crippen LogP contribution >= 0.6 is 0 Å².